The summed E-state index contributed by atoms with van der Waals surface area (Å²) in [6.07, 6.45) is 0. The minimum Gasteiger partial charge on any atom is -0.378 e. The molecule has 1 saturated heterocycles. The minimum atomic E-state index is -0.471. The summed E-state index contributed by atoms with van der Waals surface area (Å²) in [5.74, 6) is -0.826. The van der Waals surface area contributed by atoms with Gasteiger partial charge in [0.15, 0.2) is 0 Å². The number of carbonyl (C=O) groups is 2. The molecular weight excluding hydrogens is 541 g/mol. The summed E-state index contributed by atoms with van der Waals surface area (Å²) >= 11 is 15.9. The largest absolute Gasteiger partial charge is 0.378 e. The SMILES string of the molecule is O=C1NN(C(=O)c2c(Cl)cc(Br)cc2Cl)Cc2cccc(-c3cccc(N4CCOCC4)c3)c21. The van der Waals surface area contributed by atoms with Crippen LogP contribution < -0.4 is 10.3 Å². The molecule has 2 amide bonds. The third kappa shape index (κ3) is 4.41. The van der Waals surface area contributed by atoms with Crippen molar-refractivity contribution in [1.29, 1.82) is 0 Å². The van der Waals surface area contributed by atoms with Crippen LogP contribution in [0.2, 0.25) is 10.0 Å². The zero-order chi connectivity index (χ0) is 23.8. The summed E-state index contributed by atoms with van der Waals surface area (Å²) in [6, 6.07) is 17.0. The molecule has 1 fully saturated rings. The molecule has 0 unspecified atom stereocenters. The van der Waals surface area contributed by atoms with Crippen molar-refractivity contribution >= 4 is 56.6 Å². The first-order valence-corrected chi connectivity index (χ1v) is 12.3. The van der Waals surface area contributed by atoms with Gasteiger partial charge in [0.1, 0.15) is 0 Å². The molecular formula is C25H20BrCl2N3O3. The lowest BCUT2D eigenvalue weighted by Crippen LogP contribution is -2.49. The highest BCUT2D eigenvalue weighted by molar-refractivity contribution is 9.10. The zero-order valence-electron chi connectivity index (χ0n) is 18.0. The molecule has 3 aromatic rings. The Kier molecular flexibility index (Phi) is 6.53. The van der Waals surface area contributed by atoms with Gasteiger partial charge in [-0.15, -0.1) is 0 Å². The van der Waals surface area contributed by atoms with Gasteiger partial charge in [-0.05, 0) is 41.0 Å². The van der Waals surface area contributed by atoms with Crippen LogP contribution in [-0.2, 0) is 11.3 Å². The third-order valence-electron chi connectivity index (χ3n) is 5.94. The first-order valence-electron chi connectivity index (χ1n) is 10.7. The van der Waals surface area contributed by atoms with Crippen molar-refractivity contribution in [2.24, 2.45) is 0 Å². The molecule has 1 N–H and O–H groups in total. The van der Waals surface area contributed by atoms with Crippen LogP contribution in [-0.4, -0.2) is 43.1 Å². The van der Waals surface area contributed by atoms with Crippen LogP contribution in [0.25, 0.3) is 11.1 Å². The second-order valence-electron chi connectivity index (χ2n) is 8.07. The third-order valence-corrected chi connectivity index (χ3v) is 7.00. The Morgan fingerprint density at radius 1 is 1.00 bits per heavy atom. The molecule has 0 aromatic heterocycles. The van der Waals surface area contributed by atoms with Crippen LogP contribution >= 0.6 is 39.1 Å². The Balaban J connectivity index is 1.47. The van der Waals surface area contributed by atoms with Gasteiger partial charge in [-0.3, -0.25) is 15.0 Å². The van der Waals surface area contributed by atoms with Gasteiger partial charge in [-0.1, -0.05) is 69.5 Å². The summed E-state index contributed by atoms with van der Waals surface area (Å²) in [6.45, 7) is 3.25. The van der Waals surface area contributed by atoms with E-state index in [2.05, 4.69) is 38.4 Å². The molecule has 5 rings (SSSR count). The van der Waals surface area contributed by atoms with E-state index in [0.717, 1.165) is 35.5 Å². The molecule has 0 spiro atoms. The maximum Gasteiger partial charge on any atom is 0.275 e. The number of anilines is 1. The van der Waals surface area contributed by atoms with E-state index < -0.39 is 5.91 Å². The highest BCUT2D eigenvalue weighted by atomic mass is 79.9. The van der Waals surface area contributed by atoms with Crippen LogP contribution in [0.4, 0.5) is 5.69 Å². The van der Waals surface area contributed by atoms with E-state index in [-0.39, 0.29) is 28.1 Å². The molecule has 0 atom stereocenters. The second kappa shape index (κ2) is 9.58. The molecule has 0 bridgehead atoms. The van der Waals surface area contributed by atoms with E-state index in [1.54, 1.807) is 12.1 Å². The molecule has 34 heavy (non-hydrogen) atoms. The average Bonchev–Trinajstić information content (AvgIpc) is 2.83. The Morgan fingerprint density at radius 3 is 2.44 bits per heavy atom. The number of nitrogens with zero attached hydrogens (tertiary/aromatic N) is 2. The molecule has 174 valence electrons. The number of hydrogen-bond acceptors (Lipinski definition) is 4. The summed E-state index contributed by atoms with van der Waals surface area (Å²) in [5, 5.41) is 1.66. The summed E-state index contributed by atoms with van der Waals surface area (Å²) < 4.78 is 6.12. The molecule has 2 heterocycles. The van der Waals surface area contributed by atoms with Gasteiger partial charge in [0.05, 0.1) is 40.9 Å². The number of halogens is 3. The fraction of sp³-hybridized carbons (Fsp3) is 0.200. The van der Waals surface area contributed by atoms with E-state index in [9.17, 15) is 9.59 Å². The number of morpholine rings is 1. The van der Waals surface area contributed by atoms with Gasteiger partial charge in [-0.25, -0.2) is 5.01 Å². The topological polar surface area (TPSA) is 61.9 Å². The van der Waals surface area contributed by atoms with Gasteiger partial charge in [0.2, 0.25) is 0 Å². The van der Waals surface area contributed by atoms with Crippen LogP contribution in [0.1, 0.15) is 26.3 Å². The van der Waals surface area contributed by atoms with Crippen LogP contribution in [0.3, 0.4) is 0 Å². The second-order valence-corrected chi connectivity index (χ2v) is 9.80. The molecule has 0 radical (unpaired) electrons. The van der Waals surface area contributed by atoms with E-state index in [4.69, 9.17) is 27.9 Å². The lowest BCUT2D eigenvalue weighted by molar-refractivity contribution is 0.0540. The standard InChI is InChI=1S/C25H20BrCl2N3O3/c26-17-12-20(27)23(21(28)13-17)25(33)31-14-16-4-2-6-19(22(16)24(32)29-31)15-3-1-5-18(11-15)30-7-9-34-10-8-30/h1-6,11-13H,7-10,14H2,(H,29,32). The van der Waals surface area contributed by atoms with E-state index >= 15 is 0 Å². The quantitative estimate of drug-likeness (QED) is 0.455. The van der Waals surface area contributed by atoms with Crippen molar-refractivity contribution in [3.05, 3.63) is 85.8 Å². The van der Waals surface area contributed by atoms with Gasteiger partial charge in [0.25, 0.3) is 11.8 Å². The lowest BCUT2D eigenvalue weighted by atomic mass is 9.93. The van der Waals surface area contributed by atoms with Crippen molar-refractivity contribution < 1.29 is 14.3 Å². The molecule has 0 aliphatic carbocycles. The number of fused-ring (bicyclic) bond motifs is 1. The van der Waals surface area contributed by atoms with E-state index in [1.807, 2.05) is 30.3 Å². The van der Waals surface area contributed by atoms with Crippen LogP contribution in [0, 0.1) is 0 Å². The van der Waals surface area contributed by atoms with Gasteiger partial charge in [-0.2, -0.15) is 0 Å². The number of hydrazine groups is 1. The molecule has 6 nitrogen and oxygen atoms in total. The molecule has 9 heteroatoms. The molecule has 2 aliphatic heterocycles. The number of rotatable bonds is 3. The van der Waals surface area contributed by atoms with Gasteiger partial charge >= 0.3 is 0 Å². The Morgan fingerprint density at radius 2 is 1.71 bits per heavy atom. The number of ether oxygens (including phenoxy) is 1. The van der Waals surface area contributed by atoms with Crippen molar-refractivity contribution in [1.82, 2.24) is 10.4 Å². The first-order chi connectivity index (χ1) is 16.4. The fourth-order valence-corrected chi connectivity index (χ4v) is 5.69. The van der Waals surface area contributed by atoms with Gasteiger partial charge < -0.3 is 9.64 Å². The number of hydrogen-bond donors (Lipinski definition) is 1. The van der Waals surface area contributed by atoms with Crippen LogP contribution in [0.5, 0.6) is 0 Å². The summed E-state index contributed by atoms with van der Waals surface area (Å²) in [4.78, 5) is 28.7. The monoisotopic (exact) mass is 559 g/mol. The Labute approximate surface area is 215 Å². The zero-order valence-corrected chi connectivity index (χ0v) is 21.1. The highest BCUT2D eigenvalue weighted by Crippen LogP contribution is 2.34. The van der Waals surface area contributed by atoms with E-state index in [1.165, 1.54) is 5.01 Å². The maximum absolute atomic E-state index is 13.2. The number of nitrogens with one attached hydrogen (secondary N) is 1. The molecule has 3 aromatic carbocycles. The molecule has 2 aliphatic rings. The van der Waals surface area contributed by atoms with Crippen molar-refractivity contribution in [2.75, 3.05) is 31.2 Å². The normalized spacial score (nSPS) is 15.7. The average molecular weight is 561 g/mol. The lowest BCUT2D eigenvalue weighted by Gasteiger charge is -2.31. The number of benzene rings is 3. The predicted molar refractivity (Wildman–Crippen MR) is 136 cm³/mol. The van der Waals surface area contributed by atoms with Gasteiger partial charge in [0, 0.05) is 23.2 Å². The Hall–Kier alpha value is -2.58. The number of amides is 2. The summed E-state index contributed by atoms with van der Waals surface area (Å²) in [5.41, 5.74) is 7.01. The summed E-state index contributed by atoms with van der Waals surface area (Å²) in [7, 11) is 0. The fourth-order valence-electron chi connectivity index (χ4n) is 4.32. The first kappa shape index (κ1) is 23.2. The maximum atomic E-state index is 13.2. The minimum absolute atomic E-state index is 0.143. The van der Waals surface area contributed by atoms with Crippen LogP contribution in [0.15, 0.2) is 59.1 Å². The highest BCUT2D eigenvalue weighted by Gasteiger charge is 2.31. The Bertz CT molecular complexity index is 1270. The smallest absolute Gasteiger partial charge is 0.275 e. The number of carbonyl (C=O) groups excluding carboxylic acids is 2. The predicted octanol–water partition coefficient (Wildman–Crippen LogP) is 5.56. The van der Waals surface area contributed by atoms with Crippen molar-refractivity contribution in [2.45, 2.75) is 6.54 Å². The van der Waals surface area contributed by atoms with Crippen molar-refractivity contribution in [3.63, 3.8) is 0 Å². The molecule has 0 saturated carbocycles. The van der Waals surface area contributed by atoms with E-state index in [0.29, 0.717) is 23.2 Å². The van der Waals surface area contributed by atoms with Crippen molar-refractivity contribution in [3.8, 4) is 11.1 Å².